The van der Waals surface area contributed by atoms with Crippen LogP contribution in [0.2, 0.25) is 0 Å². The minimum Gasteiger partial charge on any atom is -0.344 e. The minimum atomic E-state index is -0.234. The SMILES string of the molecule is CCCCCN(C)C(=O)CN(C)C(=O)CN(C)C(=O)CN(C)CC(C)C. The first-order valence-corrected chi connectivity index (χ1v) is 9.48. The second-order valence-electron chi connectivity index (χ2n) is 7.61. The van der Waals surface area contributed by atoms with Gasteiger partial charge < -0.3 is 14.7 Å². The Morgan fingerprint density at radius 3 is 1.65 bits per heavy atom. The number of nitrogens with zero attached hydrogens (tertiary/aromatic N) is 4. The monoisotopic (exact) mass is 370 g/mol. The molecule has 0 heterocycles. The van der Waals surface area contributed by atoms with Crippen LogP contribution in [0.5, 0.6) is 0 Å². The first-order chi connectivity index (χ1) is 12.1. The van der Waals surface area contributed by atoms with E-state index in [1.165, 1.54) is 9.80 Å². The van der Waals surface area contributed by atoms with Crippen molar-refractivity contribution >= 4 is 17.7 Å². The zero-order valence-electron chi connectivity index (χ0n) is 17.7. The van der Waals surface area contributed by atoms with Gasteiger partial charge >= 0.3 is 0 Å². The third-order valence-corrected chi connectivity index (χ3v) is 4.20. The molecule has 0 aliphatic heterocycles. The molecule has 0 radical (unpaired) electrons. The second kappa shape index (κ2) is 12.7. The molecule has 0 spiro atoms. The molecular formula is C19H38N4O3. The summed E-state index contributed by atoms with van der Waals surface area (Å²) in [6.07, 6.45) is 3.16. The number of hydrogen-bond acceptors (Lipinski definition) is 4. The summed E-state index contributed by atoms with van der Waals surface area (Å²) < 4.78 is 0. The molecule has 0 saturated heterocycles. The van der Waals surface area contributed by atoms with Crippen LogP contribution in [0, 0.1) is 5.92 Å². The highest BCUT2D eigenvalue weighted by atomic mass is 16.2. The van der Waals surface area contributed by atoms with Gasteiger partial charge in [-0.15, -0.1) is 0 Å². The molecule has 152 valence electrons. The molecule has 0 aromatic carbocycles. The molecular weight excluding hydrogens is 332 g/mol. The van der Waals surface area contributed by atoms with E-state index < -0.39 is 0 Å². The van der Waals surface area contributed by atoms with E-state index in [0.717, 1.165) is 25.8 Å². The van der Waals surface area contributed by atoms with Gasteiger partial charge in [0.2, 0.25) is 17.7 Å². The van der Waals surface area contributed by atoms with Gasteiger partial charge in [-0.25, -0.2) is 0 Å². The Morgan fingerprint density at radius 2 is 1.19 bits per heavy atom. The Labute approximate surface area is 159 Å². The average molecular weight is 371 g/mol. The fourth-order valence-corrected chi connectivity index (χ4v) is 2.59. The van der Waals surface area contributed by atoms with Crippen LogP contribution in [0.15, 0.2) is 0 Å². The van der Waals surface area contributed by atoms with Crippen molar-refractivity contribution in [3.8, 4) is 0 Å². The molecule has 0 fully saturated rings. The summed E-state index contributed by atoms with van der Waals surface area (Å²) in [5, 5.41) is 0. The lowest BCUT2D eigenvalue weighted by Crippen LogP contribution is -2.46. The van der Waals surface area contributed by atoms with Gasteiger partial charge in [0.25, 0.3) is 0 Å². The quantitative estimate of drug-likeness (QED) is 0.483. The van der Waals surface area contributed by atoms with Gasteiger partial charge in [0.15, 0.2) is 0 Å². The molecule has 0 rings (SSSR count). The fourth-order valence-electron chi connectivity index (χ4n) is 2.59. The molecule has 0 N–H and O–H groups in total. The van der Waals surface area contributed by atoms with E-state index in [1.807, 2.05) is 11.9 Å². The Hall–Kier alpha value is -1.63. The maximum atomic E-state index is 12.3. The predicted octanol–water partition coefficient (Wildman–Crippen LogP) is 1.14. The zero-order valence-corrected chi connectivity index (χ0v) is 17.7. The third kappa shape index (κ3) is 10.4. The number of carbonyl (C=O) groups excluding carboxylic acids is 3. The van der Waals surface area contributed by atoms with Crippen molar-refractivity contribution in [2.24, 2.45) is 5.92 Å². The largest absolute Gasteiger partial charge is 0.344 e. The molecule has 3 amide bonds. The minimum absolute atomic E-state index is 0.0162. The predicted molar refractivity (Wildman–Crippen MR) is 105 cm³/mol. The molecule has 0 saturated carbocycles. The molecule has 0 unspecified atom stereocenters. The molecule has 7 nitrogen and oxygen atoms in total. The van der Waals surface area contributed by atoms with Crippen LogP contribution in [0.1, 0.15) is 40.0 Å². The van der Waals surface area contributed by atoms with E-state index in [2.05, 4.69) is 20.8 Å². The maximum absolute atomic E-state index is 12.3. The average Bonchev–Trinajstić information content (AvgIpc) is 2.53. The molecule has 0 bridgehead atoms. The van der Waals surface area contributed by atoms with E-state index in [0.29, 0.717) is 12.5 Å². The highest BCUT2D eigenvalue weighted by Gasteiger charge is 2.20. The van der Waals surface area contributed by atoms with Crippen LogP contribution >= 0.6 is 0 Å². The number of likely N-dealkylation sites (N-methyl/N-ethyl adjacent to an activating group) is 4. The van der Waals surface area contributed by atoms with Crippen LogP contribution in [-0.4, -0.2) is 98.2 Å². The van der Waals surface area contributed by atoms with Crippen LogP contribution in [0.3, 0.4) is 0 Å². The smallest absolute Gasteiger partial charge is 0.242 e. The lowest BCUT2D eigenvalue weighted by atomic mass is 10.2. The zero-order chi connectivity index (χ0) is 20.3. The lowest BCUT2D eigenvalue weighted by molar-refractivity contribution is -0.142. The Balaban J connectivity index is 4.34. The van der Waals surface area contributed by atoms with E-state index in [-0.39, 0.29) is 37.4 Å². The molecule has 0 aliphatic carbocycles. The standard InChI is InChI=1S/C19H38N4O3/c1-8-9-10-11-21(5)18(25)14-23(7)19(26)15-22(6)17(24)13-20(4)12-16(2)3/h16H,8-15H2,1-7H3. The summed E-state index contributed by atoms with van der Waals surface area (Å²) >= 11 is 0. The van der Waals surface area contributed by atoms with E-state index in [4.69, 9.17) is 0 Å². The van der Waals surface area contributed by atoms with Gasteiger partial charge in [-0.2, -0.15) is 0 Å². The van der Waals surface area contributed by atoms with Crippen molar-refractivity contribution in [2.45, 2.75) is 40.0 Å². The van der Waals surface area contributed by atoms with Crippen molar-refractivity contribution in [1.29, 1.82) is 0 Å². The van der Waals surface area contributed by atoms with E-state index >= 15 is 0 Å². The topological polar surface area (TPSA) is 64.2 Å². The molecule has 0 aromatic heterocycles. The number of rotatable bonds is 12. The highest BCUT2D eigenvalue weighted by Crippen LogP contribution is 2.00. The summed E-state index contributed by atoms with van der Waals surface area (Å²) in [5.74, 6) is 0.0642. The van der Waals surface area contributed by atoms with Crippen molar-refractivity contribution in [1.82, 2.24) is 19.6 Å². The molecule has 7 heteroatoms. The van der Waals surface area contributed by atoms with Crippen LogP contribution in [-0.2, 0) is 14.4 Å². The van der Waals surface area contributed by atoms with Gasteiger partial charge in [-0.1, -0.05) is 33.6 Å². The molecule has 0 aromatic rings. The third-order valence-electron chi connectivity index (χ3n) is 4.20. The van der Waals surface area contributed by atoms with Crippen LogP contribution < -0.4 is 0 Å². The molecule has 26 heavy (non-hydrogen) atoms. The van der Waals surface area contributed by atoms with E-state index in [1.54, 1.807) is 26.0 Å². The van der Waals surface area contributed by atoms with Crippen molar-refractivity contribution < 1.29 is 14.4 Å². The molecule has 0 atom stereocenters. The Kier molecular flexibility index (Phi) is 11.9. The summed E-state index contributed by atoms with van der Waals surface area (Å²) in [7, 11) is 6.88. The first-order valence-electron chi connectivity index (χ1n) is 9.48. The Bertz CT molecular complexity index is 454. The first kappa shape index (κ1) is 24.4. The second-order valence-corrected chi connectivity index (χ2v) is 7.61. The van der Waals surface area contributed by atoms with Gasteiger partial charge in [-0.3, -0.25) is 19.3 Å². The number of amides is 3. The van der Waals surface area contributed by atoms with Gasteiger partial charge in [0.05, 0.1) is 19.6 Å². The van der Waals surface area contributed by atoms with Gasteiger partial charge in [0.1, 0.15) is 0 Å². The van der Waals surface area contributed by atoms with Crippen LogP contribution in [0.4, 0.5) is 0 Å². The normalized spacial score (nSPS) is 11.0. The fraction of sp³-hybridized carbons (Fsp3) is 0.842. The molecule has 0 aliphatic rings. The van der Waals surface area contributed by atoms with Crippen molar-refractivity contribution in [2.75, 3.05) is 60.9 Å². The van der Waals surface area contributed by atoms with Crippen LogP contribution in [0.25, 0.3) is 0 Å². The van der Waals surface area contributed by atoms with Gasteiger partial charge in [-0.05, 0) is 19.4 Å². The summed E-state index contributed by atoms with van der Waals surface area (Å²) in [4.78, 5) is 43.1. The summed E-state index contributed by atoms with van der Waals surface area (Å²) in [6, 6.07) is 0. The van der Waals surface area contributed by atoms with Crippen molar-refractivity contribution in [3.05, 3.63) is 0 Å². The lowest BCUT2D eigenvalue weighted by Gasteiger charge is -2.26. The number of carbonyl (C=O) groups is 3. The summed E-state index contributed by atoms with van der Waals surface area (Å²) in [5.41, 5.74) is 0. The number of unbranched alkanes of at least 4 members (excludes halogenated alkanes) is 2. The van der Waals surface area contributed by atoms with E-state index in [9.17, 15) is 14.4 Å². The highest BCUT2D eigenvalue weighted by molar-refractivity contribution is 5.88. The Morgan fingerprint density at radius 1 is 0.731 bits per heavy atom. The number of hydrogen-bond donors (Lipinski definition) is 0. The van der Waals surface area contributed by atoms with Gasteiger partial charge in [0, 0.05) is 34.2 Å². The summed E-state index contributed by atoms with van der Waals surface area (Å²) in [6.45, 7) is 8.15. The maximum Gasteiger partial charge on any atom is 0.242 e. The van der Waals surface area contributed by atoms with Crippen molar-refractivity contribution in [3.63, 3.8) is 0 Å².